The van der Waals surface area contributed by atoms with Crippen molar-refractivity contribution in [3.05, 3.63) is 52.5 Å². The Kier molecular flexibility index (Phi) is 10.8. The average molecular weight is 715 g/mol. The lowest BCUT2D eigenvalue weighted by Crippen LogP contribution is -2.61. The Morgan fingerprint density at radius 1 is 1.18 bits per heavy atom. The van der Waals surface area contributed by atoms with Gasteiger partial charge in [0.15, 0.2) is 17.4 Å². The van der Waals surface area contributed by atoms with Crippen molar-refractivity contribution >= 4 is 40.1 Å². The molecule has 49 heavy (non-hydrogen) atoms. The number of benzene rings is 1. The number of amides is 1. The van der Waals surface area contributed by atoms with Crippen LogP contribution in [0.4, 0.5) is 16.0 Å². The molecule has 1 unspecified atom stereocenters. The second-order valence-corrected chi connectivity index (χ2v) is 15.9. The van der Waals surface area contributed by atoms with E-state index in [4.69, 9.17) is 9.47 Å². The second-order valence-electron chi connectivity index (χ2n) is 14.0. The molecule has 3 aliphatic rings. The molecule has 5 heterocycles. The molecule has 0 radical (unpaired) electrons. The van der Waals surface area contributed by atoms with E-state index in [-0.39, 0.29) is 46.9 Å². The highest BCUT2D eigenvalue weighted by Gasteiger charge is 2.46. The number of likely N-dealkylation sites (tertiary alicyclic amines) is 1. The van der Waals surface area contributed by atoms with Crippen LogP contribution in [0, 0.1) is 18.2 Å². The Bertz CT molecular complexity index is 1630. The molecule has 1 aromatic carbocycles. The van der Waals surface area contributed by atoms with Crippen molar-refractivity contribution in [2.24, 2.45) is 5.41 Å². The third-order valence-electron chi connectivity index (χ3n) is 9.80. The summed E-state index contributed by atoms with van der Waals surface area (Å²) in [6.45, 7) is 14.4. The SMILES string of the molecule is Cc1nc(N([C@@H]2CC[C@@H](CN3CCC4(CC3)CN(c3ncncc3Oc3ccc(F)cc3C(=O)N(C(C)C)C(C)C)C4)OC2)S(=O)[O-])cs1. The highest BCUT2D eigenvalue weighted by molar-refractivity contribution is 7.80. The Hall–Kier alpha value is -3.24. The lowest BCUT2D eigenvalue weighted by molar-refractivity contribution is -0.0270. The standard InChI is InChI=1S/C34H46FN7O5S2/c1-22(2)41(23(3)4)33(43)28-14-25(35)6-9-29(28)47-30-15-36-21-37-32(30)40-19-34(20-40)10-12-39(13-11-34)16-27-8-7-26(17-46-27)42(49(44)45)31-18-48-24(5)38-31/h6,9,14-15,18,21-23,26-27H,7-8,10-13,16-17,19-20H2,1-5H3,(H,44,45)/p-1/t26-,27+/m1/s1. The molecule has 15 heteroatoms. The number of rotatable bonds is 11. The lowest BCUT2D eigenvalue weighted by Gasteiger charge is -2.54. The van der Waals surface area contributed by atoms with Crippen LogP contribution in [-0.4, -0.2) is 103 Å². The van der Waals surface area contributed by atoms with Gasteiger partial charge in [0.2, 0.25) is 0 Å². The van der Waals surface area contributed by atoms with E-state index in [9.17, 15) is 17.9 Å². The molecule has 0 saturated carbocycles. The Balaban J connectivity index is 1.03. The number of aromatic nitrogens is 3. The van der Waals surface area contributed by atoms with Crippen molar-refractivity contribution < 1.29 is 27.4 Å². The Labute approximate surface area is 294 Å². The summed E-state index contributed by atoms with van der Waals surface area (Å²) in [5.41, 5.74) is 0.336. The highest BCUT2D eigenvalue weighted by Crippen LogP contribution is 2.45. The minimum absolute atomic E-state index is 0.0689. The van der Waals surface area contributed by atoms with Crippen LogP contribution >= 0.6 is 11.3 Å². The molecular weight excluding hydrogens is 670 g/mol. The fourth-order valence-electron chi connectivity index (χ4n) is 7.39. The van der Waals surface area contributed by atoms with E-state index in [0.717, 1.165) is 63.4 Å². The van der Waals surface area contributed by atoms with E-state index in [2.05, 4.69) is 24.8 Å². The first-order chi connectivity index (χ1) is 23.4. The first-order valence-corrected chi connectivity index (χ1v) is 18.8. The normalized spacial score (nSPS) is 21.5. The van der Waals surface area contributed by atoms with Crippen LogP contribution in [0.2, 0.25) is 0 Å². The molecule has 2 aromatic heterocycles. The maximum Gasteiger partial charge on any atom is 0.258 e. The van der Waals surface area contributed by atoms with Crippen LogP contribution in [0.25, 0.3) is 0 Å². The summed E-state index contributed by atoms with van der Waals surface area (Å²) in [7, 11) is 0. The molecule has 3 aliphatic heterocycles. The fourth-order valence-corrected chi connectivity index (χ4v) is 8.70. The zero-order valence-corrected chi connectivity index (χ0v) is 30.3. The van der Waals surface area contributed by atoms with Gasteiger partial charge in [-0.1, -0.05) is 0 Å². The van der Waals surface area contributed by atoms with Crippen LogP contribution in [0.15, 0.2) is 36.1 Å². The first kappa shape index (κ1) is 35.6. The van der Waals surface area contributed by atoms with E-state index in [1.165, 1.54) is 40.2 Å². The van der Waals surface area contributed by atoms with Gasteiger partial charge in [-0.2, -0.15) is 0 Å². The lowest BCUT2D eigenvalue weighted by atomic mass is 9.72. The predicted molar refractivity (Wildman–Crippen MR) is 186 cm³/mol. The minimum atomic E-state index is -2.41. The number of nitrogens with zero attached hydrogens (tertiary/aromatic N) is 7. The van der Waals surface area contributed by atoms with Gasteiger partial charge in [0, 0.05) is 53.8 Å². The van der Waals surface area contributed by atoms with Crippen molar-refractivity contribution in [1.82, 2.24) is 24.8 Å². The van der Waals surface area contributed by atoms with Gasteiger partial charge in [-0.15, -0.1) is 11.3 Å². The van der Waals surface area contributed by atoms with Gasteiger partial charge in [0.05, 0.1) is 35.5 Å². The Morgan fingerprint density at radius 3 is 2.53 bits per heavy atom. The monoisotopic (exact) mass is 714 g/mol. The molecule has 6 rings (SSSR count). The quantitative estimate of drug-likeness (QED) is 0.245. The van der Waals surface area contributed by atoms with Crippen molar-refractivity contribution in [2.45, 2.75) is 84.5 Å². The van der Waals surface area contributed by atoms with E-state index in [0.29, 0.717) is 24.0 Å². The van der Waals surface area contributed by atoms with Crippen LogP contribution in [-0.2, 0) is 16.0 Å². The summed E-state index contributed by atoms with van der Waals surface area (Å²) in [4.78, 5) is 33.0. The van der Waals surface area contributed by atoms with Gasteiger partial charge in [0.1, 0.15) is 17.9 Å². The summed E-state index contributed by atoms with van der Waals surface area (Å²) in [6, 6.07) is 3.62. The summed E-state index contributed by atoms with van der Waals surface area (Å²) in [6.07, 6.45) is 6.77. The summed E-state index contributed by atoms with van der Waals surface area (Å²) >= 11 is -0.974. The highest BCUT2D eigenvalue weighted by atomic mass is 32.2. The van der Waals surface area contributed by atoms with Crippen LogP contribution in [0.3, 0.4) is 0 Å². The molecule has 0 aliphatic carbocycles. The maximum atomic E-state index is 14.4. The maximum absolute atomic E-state index is 14.4. The van der Waals surface area contributed by atoms with Crippen molar-refractivity contribution in [1.29, 1.82) is 0 Å². The second kappa shape index (κ2) is 14.9. The van der Waals surface area contributed by atoms with Gasteiger partial charge in [-0.05, 0) is 91.6 Å². The van der Waals surface area contributed by atoms with E-state index in [1.54, 1.807) is 16.5 Å². The van der Waals surface area contributed by atoms with Gasteiger partial charge < -0.3 is 28.7 Å². The van der Waals surface area contributed by atoms with Gasteiger partial charge in [-0.3, -0.25) is 13.3 Å². The number of halogens is 1. The van der Waals surface area contributed by atoms with Crippen molar-refractivity contribution in [3.8, 4) is 11.5 Å². The van der Waals surface area contributed by atoms with E-state index in [1.807, 2.05) is 34.6 Å². The van der Waals surface area contributed by atoms with Crippen LogP contribution < -0.4 is 13.9 Å². The number of carbonyl (C=O) groups excluding carboxylic acids is 1. The number of hydrogen-bond acceptors (Lipinski definition) is 11. The van der Waals surface area contributed by atoms with Gasteiger partial charge in [0.25, 0.3) is 5.91 Å². The van der Waals surface area contributed by atoms with Crippen LogP contribution in [0.5, 0.6) is 11.5 Å². The van der Waals surface area contributed by atoms with Crippen LogP contribution in [0.1, 0.15) is 68.7 Å². The molecule has 3 atom stereocenters. The molecule has 1 spiro atoms. The molecular formula is C34H45FN7O5S2-. The summed E-state index contributed by atoms with van der Waals surface area (Å²) in [5.74, 6) is 1.01. The predicted octanol–water partition coefficient (Wildman–Crippen LogP) is 5.18. The molecule has 3 fully saturated rings. The van der Waals surface area contributed by atoms with Crippen molar-refractivity contribution in [2.75, 3.05) is 48.5 Å². The number of piperidine rings is 1. The van der Waals surface area contributed by atoms with Crippen molar-refractivity contribution in [3.63, 3.8) is 0 Å². The molecule has 3 aromatic rings. The Morgan fingerprint density at radius 2 is 1.92 bits per heavy atom. The third-order valence-corrected chi connectivity index (χ3v) is 11.4. The topological polar surface area (TPSA) is 127 Å². The van der Waals surface area contributed by atoms with E-state index < -0.39 is 17.1 Å². The average Bonchev–Trinajstić information content (AvgIpc) is 3.47. The number of aryl methyl sites for hydroxylation is 1. The zero-order valence-electron chi connectivity index (χ0n) is 28.7. The number of ether oxygens (including phenoxy) is 2. The van der Waals surface area contributed by atoms with Gasteiger partial charge >= 0.3 is 0 Å². The third kappa shape index (κ3) is 7.90. The molecule has 3 saturated heterocycles. The number of carbonyl (C=O) groups is 1. The number of hydrogen-bond donors (Lipinski definition) is 0. The number of thiazole rings is 1. The van der Waals surface area contributed by atoms with E-state index >= 15 is 0 Å². The van der Waals surface area contributed by atoms with Gasteiger partial charge in [-0.25, -0.2) is 19.3 Å². The summed E-state index contributed by atoms with van der Waals surface area (Å²) < 4.78 is 52.2. The largest absolute Gasteiger partial charge is 0.755 e. The molecule has 1 amide bonds. The zero-order chi connectivity index (χ0) is 34.9. The fraction of sp³-hybridized carbons (Fsp3) is 0.588. The molecule has 12 nitrogen and oxygen atoms in total. The summed E-state index contributed by atoms with van der Waals surface area (Å²) in [5, 5.41) is 2.61. The molecule has 266 valence electrons. The smallest absolute Gasteiger partial charge is 0.258 e. The molecule has 0 N–H and O–H groups in total. The first-order valence-electron chi connectivity index (χ1n) is 16.9. The molecule has 0 bridgehead atoms. The number of anilines is 2. The minimum Gasteiger partial charge on any atom is -0.755 e.